The van der Waals surface area contributed by atoms with Crippen LogP contribution in [0.15, 0.2) is 59.8 Å². The Morgan fingerprint density at radius 1 is 1.00 bits per heavy atom. The summed E-state index contributed by atoms with van der Waals surface area (Å²) in [6.07, 6.45) is 0. The maximum atomic E-state index is 13.1. The average molecular weight is 414 g/mol. The van der Waals surface area contributed by atoms with E-state index in [-0.39, 0.29) is 30.2 Å². The molecule has 30 heavy (non-hydrogen) atoms. The number of hydrogen-bond acceptors (Lipinski definition) is 7. The molecule has 1 amide bonds. The molecule has 3 rings (SSSR count). The quantitative estimate of drug-likeness (QED) is 0.751. The molecular weight excluding hydrogens is 395 g/mol. The van der Waals surface area contributed by atoms with Crippen LogP contribution in [-0.2, 0) is 23.8 Å². The zero-order valence-electron chi connectivity index (χ0n) is 16.3. The first-order valence-electron chi connectivity index (χ1n) is 8.87. The van der Waals surface area contributed by atoms with Crippen molar-refractivity contribution in [3.05, 3.63) is 71.2 Å². The van der Waals surface area contributed by atoms with Gasteiger partial charge in [0.15, 0.2) is 0 Å². The van der Waals surface area contributed by atoms with Gasteiger partial charge in [0.05, 0.1) is 37.7 Å². The molecule has 2 aromatic rings. The van der Waals surface area contributed by atoms with Crippen LogP contribution in [0.4, 0.5) is 15.8 Å². The third-order valence-corrected chi connectivity index (χ3v) is 4.37. The standard InChI is InChI=1S/C21H19FN2O6/c1-28-20(26)16-11-30-12-24(18(16)21(27)29-2)17-6-4-3-5-15(17)19(25)23-14-9-7-13(22)8-10-14/h3-10H,11-12H2,1-2H3,(H,23,25). The first kappa shape index (κ1) is 21.0. The van der Waals surface area contributed by atoms with Crippen molar-refractivity contribution in [3.63, 3.8) is 0 Å². The van der Waals surface area contributed by atoms with Crippen molar-refractivity contribution in [2.45, 2.75) is 0 Å². The molecule has 2 aromatic carbocycles. The monoisotopic (exact) mass is 414 g/mol. The summed E-state index contributed by atoms with van der Waals surface area (Å²) >= 11 is 0. The van der Waals surface area contributed by atoms with Crippen molar-refractivity contribution in [2.24, 2.45) is 0 Å². The molecule has 1 aliphatic rings. The van der Waals surface area contributed by atoms with Gasteiger partial charge in [0.25, 0.3) is 5.91 Å². The van der Waals surface area contributed by atoms with Crippen molar-refractivity contribution in [1.82, 2.24) is 0 Å². The highest BCUT2D eigenvalue weighted by atomic mass is 19.1. The Hall–Kier alpha value is -3.72. The lowest BCUT2D eigenvalue weighted by Crippen LogP contribution is -2.39. The second-order valence-corrected chi connectivity index (χ2v) is 6.19. The summed E-state index contributed by atoms with van der Waals surface area (Å²) in [5.74, 6) is -2.44. The van der Waals surface area contributed by atoms with Crippen LogP contribution in [0.1, 0.15) is 10.4 Å². The molecule has 1 heterocycles. The lowest BCUT2D eigenvalue weighted by atomic mass is 10.1. The Balaban J connectivity index is 2.02. The van der Waals surface area contributed by atoms with Crippen molar-refractivity contribution in [1.29, 1.82) is 0 Å². The number of methoxy groups -OCH3 is 2. The molecule has 0 saturated heterocycles. The molecule has 0 saturated carbocycles. The maximum absolute atomic E-state index is 13.1. The maximum Gasteiger partial charge on any atom is 0.355 e. The molecule has 0 spiro atoms. The van der Waals surface area contributed by atoms with Crippen LogP contribution in [0.5, 0.6) is 0 Å². The summed E-state index contributed by atoms with van der Waals surface area (Å²) in [4.78, 5) is 38.9. The molecule has 0 atom stereocenters. The Morgan fingerprint density at radius 2 is 1.67 bits per heavy atom. The summed E-state index contributed by atoms with van der Waals surface area (Å²) in [6, 6.07) is 11.8. The molecule has 0 bridgehead atoms. The number of hydrogen-bond donors (Lipinski definition) is 1. The van der Waals surface area contributed by atoms with E-state index in [0.29, 0.717) is 11.4 Å². The minimum absolute atomic E-state index is 0.0238. The fraction of sp³-hybridized carbons (Fsp3) is 0.190. The number of carbonyl (C=O) groups excluding carboxylic acids is 3. The Morgan fingerprint density at radius 3 is 2.33 bits per heavy atom. The number of nitrogens with one attached hydrogen (secondary N) is 1. The van der Waals surface area contributed by atoms with E-state index in [4.69, 9.17) is 14.2 Å². The van der Waals surface area contributed by atoms with Gasteiger partial charge in [-0.05, 0) is 36.4 Å². The average Bonchev–Trinajstić information content (AvgIpc) is 2.79. The van der Waals surface area contributed by atoms with E-state index < -0.39 is 23.7 Å². The second kappa shape index (κ2) is 9.19. The predicted molar refractivity (Wildman–Crippen MR) is 105 cm³/mol. The van der Waals surface area contributed by atoms with Crippen LogP contribution in [0, 0.1) is 5.82 Å². The highest BCUT2D eigenvalue weighted by molar-refractivity contribution is 6.10. The molecular formula is C21H19FN2O6. The Labute approximate surface area is 171 Å². The Bertz CT molecular complexity index is 1000. The van der Waals surface area contributed by atoms with E-state index in [9.17, 15) is 18.8 Å². The van der Waals surface area contributed by atoms with Crippen molar-refractivity contribution >= 4 is 29.2 Å². The number of halogens is 1. The van der Waals surface area contributed by atoms with Gasteiger partial charge in [0, 0.05) is 5.69 Å². The number of benzene rings is 2. The number of anilines is 2. The zero-order valence-corrected chi connectivity index (χ0v) is 16.3. The van der Waals surface area contributed by atoms with Crippen LogP contribution in [-0.4, -0.2) is 45.4 Å². The normalized spacial score (nSPS) is 13.6. The van der Waals surface area contributed by atoms with E-state index in [1.165, 1.54) is 43.4 Å². The minimum atomic E-state index is -0.771. The topological polar surface area (TPSA) is 94.2 Å². The molecule has 0 fully saturated rings. The van der Waals surface area contributed by atoms with Crippen LogP contribution < -0.4 is 10.2 Å². The molecule has 156 valence electrons. The minimum Gasteiger partial charge on any atom is -0.466 e. The number of carbonyl (C=O) groups is 3. The molecule has 9 heteroatoms. The van der Waals surface area contributed by atoms with E-state index in [2.05, 4.69) is 5.32 Å². The summed E-state index contributed by atoms with van der Waals surface area (Å²) in [5.41, 5.74) is 0.823. The number of rotatable bonds is 5. The molecule has 8 nitrogen and oxygen atoms in total. The Kier molecular flexibility index (Phi) is 6.43. The molecule has 0 radical (unpaired) electrons. The summed E-state index contributed by atoms with van der Waals surface area (Å²) < 4.78 is 28.1. The van der Waals surface area contributed by atoms with Gasteiger partial charge in [-0.2, -0.15) is 0 Å². The summed E-state index contributed by atoms with van der Waals surface area (Å²) in [5, 5.41) is 2.67. The SMILES string of the molecule is COC(=O)C1=C(C(=O)OC)N(c2ccccc2C(=O)Nc2ccc(F)cc2)COC1. The van der Waals surface area contributed by atoms with E-state index in [1.807, 2.05) is 0 Å². The van der Waals surface area contributed by atoms with Gasteiger partial charge in [-0.3, -0.25) is 4.79 Å². The zero-order chi connectivity index (χ0) is 21.7. The van der Waals surface area contributed by atoms with Crippen LogP contribution in [0.3, 0.4) is 0 Å². The molecule has 1 aliphatic heterocycles. The smallest absolute Gasteiger partial charge is 0.355 e. The van der Waals surface area contributed by atoms with Gasteiger partial charge in [-0.1, -0.05) is 12.1 Å². The van der Waals surface area contributed by atoms with Gasteiger partial charge >= 0.3 is 11.9 Å². The van der Waals surface area contributed by atoms with Crippen molar-refractivity contribution < 1.29 is 33.0 Å². The number of esters is 2. The summed E-state index contributed by atoms with van der Waals surface area (Å²) in [7, 11) is 2.37. The van der Waals surface area contributed by atoms with Gasteiger partial charge in [-0.25, -0.2) is 14.0 Å². The van der Waals surface area contributed by atoms with Crippen molar-refractivity contribution in [3.8, 4) is 0 Å². The first-order valence-corrected chi connectivity index (χ1v) is 8.87. The summed E-state index contributed by atoms with van der Waals surface area (Å²) in [6.45, 7) is -0.233. The largest absolute Gasteiger partial charge is 0.466 e. The highest BCUT2D eigenvalue weighted by Gasteiger charge is 2.34. The van der Waals surface area contributed by atoms with Crippen LogP contribution in [0.2, 0.25) is 0 Å². The third-order valence-electron chi connectivity index (χ3n) is 4.37. The fourth-order valence-corrected chi connectivity index (χ4v) is 2.97. The second-order valence-electron chi connectivity index (χ2n) is 6.19. The van der Waals surface area contributed by atoms with E-state index >= 15 is 0 Å². The van der Waals surface area contributed by atoms with Gasteiger partial charge in [-0.15, -0.1) is 0 Å². The molecule has 0 aromatic heterocycles. The lowest BCUT2D eigenvalue weighted by molar-refractivity contribution is -0.140. The number of para-hydroxylation sites is 1. The number of amides is 1. The molecule has 0 unspecified atom stereocenters. The van der Waals surface area contributed by atoms with Gasteiger partial charge in [0.1, 0.15) is 18.2 Å². The first-order chi connectivity index (χ1) is 14.5. The number of ether oxygens (including phenoxy) is 3. The van der Waals surface area contributed by atoms with E-state index in [0.717, 1.165) is 0 Å². The van der Waals surface area contributed by atoms with Crippen LogP contribution in [0.25, 0.3) is 0 Å². The van der Waals surface area contributed by atoms with Gasteiger partial charge in [0.2, 0.25) is 0 Å². The fourth-order valence-electron chi connectivity index (χ4n) is 2.97. The van der Waals surface area contributed by atoms with Crippen LogP contribution >= 0.6 is 0 Å². The number of nitrogens with zero attached hydrogens (tertiary/aromatic N) is 1. The third kappa shape index (κ3) is 4.31. The highest BCUT2D eigenvalue weighted by Crippen LogP contribution is 2.30. The van der Waals surface area contributed by atoms with Gasteiger partial charge < -0.3 is 24.4 Å². The predicted octanol–water partition coefficient (Wildman–Crippen LogP) is 2.47. The lowest BCUT2D eigenvalue weighted by Gasteiger charge is -2.32. The van der Waals surface area contributed by atoms with Crippen molar-refractivity contribution in [2.75, 3.05) is 37.8 Å². The van der Waals surface area contributed by atoms with E-state index in [1.54, 1.807) is 24.3 Å². The molecule has 1 N–H and O–H groups in total. The molecule has 0 aliphatic carbocycles.